The summed E-state index contributed by atoms with van der Waals surface area (Å²) in [7, 11) is 0. The van der Waals surface area contributed by atoms with Crippen LogP contribution >= 0.6 is 24.0 Å². The van der Waals surface area contributed by atoms with Gasteiger partial charge in [-0.15, -0.1) is 11.8 Å². The highest BCUT2D eigenvalue weighted by atomic mass is 32.2. The second kappa shape index (κ2) is 9.39. The lowest BCUT2D eigenvalue weighted by Gasteiger charge is -2.12. The molecule has 3 rings (SSSR count). The molecule has 4 nitrogen and oxygen atoms in total. The number of hydrazine groups is 1. The van der Waals surface area contributed by atoms with Crippen molar-refractivity contribution in [3.8, 4) is 0 Å². The van der Waals surface area contributed by atoms with Crippen LogP contribution in [0.5, 0.6) is 0 Å². The average molecular weight is 396 g/mol. The number of hydrogen-bond acceptors (Lipinski definition) is 3. The number of thiocarbonyl (C=S) groups is 1. The van der Waals surface area contributed by atoms with E-state index >= 15 is 0 Å². The topological polar surface area (TPSA) is 53.2 Å². The predicted octanol–water partition coefficient (Wildman–Crippen LogP) is 4.40. The van der Waals surface area contributed by atoms with E-state index in [2.05, 4.69) is 46.5 Å². The SMILES string of the molecule is Cc1cccc(NC(=S)NNC(=O)CSCc2cccc3ccccc23)c1. The number of hydrogen-bond donors (Lipinski definition) is 3. The Labute approximate surface area is 168 Å². The molecule has 0 radical (unpaired) electrons. The number of amides is 1. The van der Waals surface area contributed by atoms with E-state index in [1.165, 1.54) is 16.3 Å². The van der Waals surface area contributed by atoms with E-state index < -0.39 is 0 Å². The van der Waals surface area contributed by atoms with Gasteiger partial charge >= 0.3 is 0 Å². The Morgan fingerprint density at radius 3 is 2.63 bits per heavy atom. The molecule has 3 aromatic carbocycles. The molecule has 0 saturated carbocycles. The fourth-order valence-electron chi connectivity index (χ4n) is 2.72. The molecule has 6 heteroatoms. The summed E-state index contributed by atoms with van der Waals surface area (Å²) in [6.45, 7) is 2.01. The molecule has 138 valence electrons. The van der Waals surface area contributed by atoms with Crippen LogP contribution in [0.15, 0.2) is 66.7 Å². The van der Waals surface area contributed by atoms with Crippen molar-refractivity contribution in [1.82, 2.24) is 10.9 Å². The molecule has 0 aliphatic carbocycles. The number of nitrogens with one attached hydrogen (secondary N) is 3. The van der Waals surface area contributed by atoms with Crippen LogP contribution < -0.4 is 16.2 Å². The molecule has 0 saturated heterocycles. The van der Waals surface area contributed by atoms with Gasteiger partial charge in [0, 0.05) is 11.4 Å². The second-order valence-corrected chi connectivity index (χ2v) is 7.52. The molecule has 0 unspecified atom stereocenters. The molecule has 0 spiro atoms. The minimum absolute atomic E-state index is 0.117. The molecular weight excluding hydrogens is 374 g/mol. The molecule has 0 fully saturated rings. The largest absolute Gasteiger partial charge is 0.331 e. The van der Waals surface area contributed by atoms with Crippen LogP contribution in [0.1, 0.15) is 11.1 Å². The number of carbonyl (C=O) groups excluding carboxylic acids is 1. The number of thioether (sulfide) groups is 1. The minimum Gasteiger partial charge on any atom is -0.331 e. The van der Waals surface area contributed by atoms with Gasteiger partial charge < -0.3 is 5.32 Å². The summed E-state index contributed by atoms with van der Waals surface area (Å²) in [6, 6.07) is 22.4. The van der Waals surface area contributed by atoms with Gasteiger partial charge in [-0.05, 0) is 53.2 Å². The molecule has 0 atom stereocenters. The van der Waals surface area contributed by atoms with E-state index in [-0.39, 0.29) is 5.91 Å². The first-order valence-electron chi connectivity index (χ1n) is 8.59. The van der Waals surface area contributed by atoms with Crippen molar-refractivity contribution in [2.45, 2.75) is 12.7 Å². The second-order valence-electron chi connectivity index (χ2n) is 6.13. The molecule has 1 amide bonds. The highest BCUT2D eigenvalue weighted by molar-refractivity contribution is 7.99. The lowest BCUT2D eigenvalue weighted by Crippen LogP contribution is -2.44. The fraction of sp³-hybridized carbons (Fsp3) is 0.143. The normalized spacial score (nSPS) is 10.4. The molecule has 0 aliphatic rings. The molecule has 0 heterocycles. The third-order valence-corrected chi connectivity index (χ3v) is 5.15. The van der Waals surface area contributed by atoms with Crippen molar-refractivity contribution in [3.05, 3.63) is 77.9 Å². The molecule has 3 aromatic rings. The smallest absolute Gasteiger partial charge is 0.248 e. The Hall–Kier alpha value is -2.57. The average Bonchev–Trinajstić information content (AvgIpc) is 2.67. The van der Waals surface area contributed by atoms with E-state index in [1.54, 1.807) is 11.8 Å². The summed E-state index contributed by atoms with van der Waals surface area (Å²) < 4.78 is 0. The van der Waals surface area contributed by atoms with Gasteiger partial charge in [-0.1, -0.05) is 54.6 Å². The van der Waals surface area contributed by atoms with Crippen molar-refractivity contribution in [1.29, 1.82) is 0 Å². The lowest BCUT2D eigenvalue weighted by molar-refractivity contribution is -0.119. The van der Waals surface area contributed by atoms with Crippen LogP contribution in [0.4, 0.5) is 5.69 Å². The lowest BCUT2D eigenvalue weighted by atomic mass is 10.1. The number of benzene rings is 3. The maximum Gasteiger partial charge on any atom is 0.248 e. The van der Waals surface area contributed by atoms with Gasteiger partial charge in [0.15, 0.2) is 5.11 Å². The summed E-state index contributed by atoms with van der Waals surface area (Å²) in [5.41, 5.74) is 8.61. The Morgan fingerprint density at radius 2 is 1.78 bits per heavy atom. The minimum atomic E-state index is -0.117. The zero-order valence-electron chi connectivity index (χ0n) is 15.0. The monoisotopic (exact) mass is 395 g/mol. The van der Waals surface area contributed by atoms with Crippen LogP contribution in [-0.4, -0.2) is 16.8 Å². The molecular formula is C21H21N3OS2. The third-order valence-electron chi connectivity index (χ3n) is 3.96. The van der Waals surface area contributed by atoms with Crippen LogP contribution in [0, 0.1) is 6.92 Å². The summed E-state index contributed by atoms with van der Waals surface area (Å²) >= 11 is 6.77. The summed E-state index contributed by atoms with van der Waals surface area (Å²) in [5, 5.41) is 5.84. The first-order chi connectivity index (χ1) is 13.1. The maximum absolute atomic E-state index is 12.0. The van der Waals surface area contributed by atoms with Crippen molar-refractivity contribution < 1.29 is 4.79 Å². The molecule has 0 aromatic heterocycles. The number of carbonyl (C=O) groups is 1. The van der Waals surface area contributed by atoms with Gasteiger partial charge in [0.1, 0.15) is 0 Å². The van der Waals surface area contributed by atoms with Gasteiger partial charge in [-0.2, -0.15) is 0 Å². The van der Waals surface area contributed by atoms with Gasteiger partial charge in [0.2, 0.25) is 5.91 Å². The zero-order chi connectivity index (χ0) is 19.1. The molecule has 0 bridgehead atoms. The van der Waals surface area contributed by atoms with Gasteiger partial charge in [-0.25, -0.2) is 0 Å². The first kappa shape index (κ1) is 19.2. The number of aryl methyl sites for hydroxylation is 1. The van der Waals surface area contributed by atoms with Gasteiger partial charge in [-0.3, -0.25) is 15.6 Å². The molecule has 3 N–H and O–H groups in total. The van der Waals surface area contributed by atoms with E-state index in [4.69, 9.17) is 12.2 Å². The first-order valence-corrected chi connectivity index (χ1v) is 10.1. The van der Waals surface area contributed by atoms with Gasteiger partial charge in [0.25, 0.3) is 0 Å². The fourth-order valence-corrected chi connectivity index (χ4v) is 3.72. The quantitative estimate of drug-likeness (QED) is 0.442. The third kappa shape index (κ3) is 5.70. The highest BCUT2D eigenvalue weighted by Crippen LogP contribution is 2.22. The van der Waals surface area contributed by atoms with Crippen LogP contribution in [0.25, 0.3) is 10.8 Å². The zero-order valence-corrected chi connectivity index (χ0v) is 16.6. The van der Waals surface area contributed by atoms with E-state index in [0.717, 1.165) is 17.0 Å². The Bertz CT molecular complexity index is 954. The van der Waals surface area contributed by atoms with Crippen LogP contribution in [0.2, 0.25) is 0 Å². The van der Waals surface area contributed by atoms with Gasteiger partial charge in [0.05, 0.1) is 5.75 Å². The van der Waals surface area contributed by atoms with Crippen LogP contribution in [-0.2, 0) is 10.5 Å². The summed E-state index contributed by atoms with van der Waals surface area (Å²) in [5.74, 6) is 1.01. The van der Waals surface area contributed by atoms with Crippen molar-refractivity contribution >= 4 is 51.5 Å². The van der Waals surface area contributed by atoms with Crippen LogP contribution in [0.3, 0.4) is 0 Å². The Balaban J connectivity index is 1.42. The Morgan fingerprint density at radius 1 is 1.00 bits per heavy atom. The Kier molecular flexibility index (Phi) is 6.68. The summed E-state index contributed by atoms with van der Waals surface area (Å²) in [4.78, 5) is 12.0. The number of anilines is 1. The number of fused-ring (bicyclic) bond motifs is 1. The summed E-state index contributed by atoms with van der Waals surface area (Å²) in [6.07, 6.45) is 0. The van der Waals surface area contributed by atoms with Crippen molar-refractivity contribution in [2.75, 3.05) is 11.1 Å². The molecule has 0 aliphatic heterocycles. The van der Waals surface area contributed by atoms with E-state index in [1.807, 2.05) is 43.3 Å². The van der Waals surface area contributed by atoms with E-state index in [0.29, 0.717) is 10.9 Å². The predicted molar refractivity (Wildman–Crippen MR) is 119 cm³/mol. The van der Waals surface area contributed by atoms with E-state index in [9.17, 15) is 4.79 Å². The highest BCUT2D eigenvalue weighted by Gasteiger charge is 2.05. The van der Waals surface area contributed by atoms with Crippen molar-refractivity contribution in [3.63, 3.8) is 0 Å². The van der Waals surface area contributed by atoms with Crippen molar-refractivity contribution in [2.24, 2.45) is 0 Å². The standard InChI is InChI=1S/C21H21N3OS2/c1-15-6-4-10-18(12-15)22-21(26)24-23-20(25)14-27-13-17-9-5-8-16-7-2-3-11-19(16)17/h2-12H,13-14H2,1H3,(H,23,25)(H2,22,24,26). The molecule has 27 heavy (non-hydrogen) atoms. The number of rotatable bonds is 5. The maximum atomic E-state index is 12.0.